The highest BCUT2D eigenvalue weighted by Crippen LogP contribution is 2.39. The number of hydrogen-bond acceptors (Lipinski definition) is 10. The molecule has 0 aliphatic carbocycles. The average molecular weight is 605 g/mol. The van der Waals surface area contributed by atoms with Crippen molar-refractivity contribution in [1.29, 1.82) is 0 Å². The summed E-state index contributed by atoms with van der Waals surface area (Å²) >= 11 is 1.50. The first kappa shape index (κ1) is 30.3. The number of aliphatic hydroxyl groups is 1. The van der Waals surface area contributed by atoms with E-state index in [4.69, 9.17) is 14.7 Å². The number of hydrogen-bond donors (Lipinski definition) is 4. The van der Waals surface area contributed by atoms with Crippen LogP contribution in [0.5, 0.6) is 0 Å². The molecule has 0 bridgehead atoms. The second kappa shape index (κ2) is 14.8. The maximum absolute atomic E-state index is 12.3. The molecule has 0 saturated carbocycles. The van der Waals surface area contributed by atoms with Gasteiger partial charge in [0.15, 0.2) is 6.29 Å². The number of para-hydroxylation sites is 1. The minimum Gasteiger partial charge on any atom is -0.392 e. The fraction of sp³-hybridized carbons (Fsp3) is 0.300. The van der Waals surface area contributed by atoms with Crippen LogP contribution in [0.2, 0.25) is 0 Å². The highest BCUT2D eigenvalue weighted by Gasteiger charge is 2.32. The number of aromatic nitrogens is 4. The van der Waals surface area contributed by atoms with Crippen molar-refractivity contribution in [1.82, 2.24) is 25.7 Å². The predicted octanol–water partition coefficient (Wildman–Crippen LogP) is 4.11. The van der Waals surface area contributed by atoms with Crippen LogP contribution in [0.3, 0.4) is 0 Å². The van der Waals surface area contributed by atoms with E-state index in [0.29, 0.717) is 29.4 Å². The summed E-state index contributed by atoms with van der Waals surface area (Å²) < 4.78 is 14.5. The number of ether oxygens (including phenoxy) is 2. The van der Waals surface area contributed by atoms with E-state index in [1.807, 2.05) is 66.7 Å². The van der Waals surface area contributed by atoms with E-state index in [9.17, 15) is 14.7 Å². The summed E-state index contributed by atoms with van der Waals surface area (Å²) in [7, 11) is 0. The zero-order chi connectivity index (χ0) is 30.0. The first-order valence-corrected chi connectivity index (χ1v) is 14.8. The molecule has 4 N–H and O–H groups in total. The molecule has 4 aromatic rings. The normalized spacial score (nSPS) is 18.2. The van der Waals surface area contributed by atoms with Crippen LogP contribution in [0.15, 0.2) is 84.0 Å². The summed E-state index contributed by atoms with van der Waals surface area (Å²) in [5.41, 5.74) is 5.62. The lowest BCUT2D eigenvalue weighted by atomic mass is 10.0. The molecule has 13 heteroatoms. The van der Waals surface area contributed by atoms with Crippen molar-refractivity contribution in [3.05, 3.63) is 95.6 Å². The summed E-state index contributed by atoms with van der Waals surface area (Å²) in [6.07, 6.45) is 0.0289. The van der Waals surface area contributed by atoms with Crippen molar-refractivity contribution in [2.75, 3.05) is 11.1 Å². The van der Waals surface area contributed by atoms with Gasteiger partial charge in [-0.3, -0.25) is 14.8 Å². The number of carbonyl (C=O) groups is 2. The van der Waals surface area contributed by atoms with Crippen LogP contribution < -0.4 is 10.8 Å². The van der Waals surface area contributed by atoms with Crippen LogP contribution >= 0.6 is 11.8 Å². The number of benzene rings is 3. The fourth-order valence-corrected chi connectivity index (χ4v) is 5.51. The van der Waals surface area contributed by atoms with Crippen molar-refractivity contribution < 1.29 is 29.4 Å². The Morgan fingerprint density at radius 1 is 0.930 bits per heavy atom. The van der Waals surface area contributed by atoms with Crippen molar-refractivity contribution in [3.8, 4) is 5.69 Å². The molecule has 0 unspecified atom stereocenters. The number of carbonyl (C=O) groups excluding carboxylic acids is 2. The lowest BCUT2D eigenvalue weighted by molar-refractivity contribution is -0.245. The number of anilines is 1. The molecule has 12 nitrogen and oxygen atoms in total. The largest absolute Gasteiger partial charge is 0.392 e. The molecule has 0 radical (unpaired) electrons. The summed E-state index contributed by atoms with van der Waals surface area (Å²) in [6, 6.07) is 24.6. The maximum atomic E-state index is 12.3. The molecular weight excluding hydrogens is 572 g/mol. The molecule has 43 heavy (non-hydrogen) atoms. The van der Waals surface area contributed by atoms with Crippen LogP contribution in [0.25, 0.3) is 5.69 Å². The number of rotatable bonds is 12. The van der Waals surface area contributed by atoms with E-state index >= 15 is 0 Å². The fourth-order valence-electron chi connectivity index (χ4n) is 4.60. The van der Waals surface area contributed by atoms with Crippen molar-refractivity contribution >= 4 is 29.3 Å². The zero-order valence-corrected chi connectivity index (χ0v) is 24.0. The average Bonchev–Trinajstić information content (AvgIpc) is 3.53. The molecule has 1 saturated heterocycles. The van der Waals surface area contributed by atoms with Crippen LogP contribution in [-0.4, -0.2) is 54.2 Å². The smallest absolute Gasteiger partial charge is 0.243 e. The molecule has 3 atom stereocenters. The minimum atomic E-state index is -0.659. The Labute approximate surface area is 252 Å². The molecule has 2 heterocycles. The lowest BCUT2D eigenvalue weighted by Crippen LogP contribution is -2.31. The van der Waals surface area contributed by atoms with Gasteiger partial charge in [-0.15, -0.1) is 5.10 Å². The summed E-state index contributed by atoms with van der Waals surface area (Å²) in [6.45, 7) is -0.0339. The molecule has 2 amide bonds. The van der Waals surface area contributed by atoms with Crippen molar-refractivity contribution in [2.45, 2.75) is 55.9 Å². The van der Waals surface area contributed by atoms with Gasteiger partial charge >= 0.3 is 0 Å². The third-order valence-corrected chi connectivity index (χ3v) is 7.91. The number of nitrogens with zero attached hydrogens (tertiary/aromatic N) is 4. The van der Waals surface area contributed by atoms with Gasteiger partial charge in [0.05, 0.1) is 24.5 Å². The number of tetrazole rings is 1. The number of aliphatic hydroxyl groups excluding tert-OH is 1. The van der Waals surface area contributed by atoms with Crippen molar-refractivity contribution in [2.24, 2.45) is 0 Å². The molecule has 1 aliphatic heterocycles. The van der Waals surface area contributed by atoms with Gasteiger partial charge in [-0.2, -0.15) is 4.68 Å². The first-order valence-electron chi connectivity index (χ1n) is 13.8. The summed E-state index contributed by atoms with van der Waals surface area (Å²) in [5, 5.41) is 33.7. The highest BCUT2D eigenvalue weighted by atomic mass is 32.2. The summed E-state index contributed by atoms with van der Waals surface area (Å²) in [4.78, 5) is 23.4. The molecule has 5 rings (SSSR count). The Morgan fingerprint density at radius 3 is 2.37 bits per heavy atom. The van der Waals surface area contributed by atoms with Crippen LogP contribution in [0, 0.1) is 0 Å². The molecule has 3 aromatic carbocycles. The van der Waals surface area contributed by atoms with E-state index in [2.05, 4.69) is 20.8 Å². The maximum Gasteiger partial charge on any atom is 0.243 e. The van der Waals surface area contributed by atoms with Gasteiger partial charge in [-0.25, -0.2) is 5.48 Å². The van der Waals surface area contributed by atoms with Gasteiger partial charge < -0.3 is 19.9 Å². The zero-order valence-electron chi connectivity index (χ0n) is 23.2. The quantitative estimate of drug-likeness (QED) is 0.105. The van der Waals surface area contributed by atoms with Crippen LogP contribution in [-0.2, 0) is 25.7 Å². The monoisotopic (exact) mass is 604 g/mol. The van der Waals surface area contributed by atoms with Gasteiger partial charge in [-0.05, 0) is 52.2 Å². The Kier molecular flexibility index (Phi) is 10.5. The van der Waals surface area contributed by atoms with E-state index in [1.54, 1.807) is 22.3 Å². The van der Waals surface area contributed by atoms with E-state index in [-0.39, 0.29) is 37.6 Å². The highest BCUT2D eigenvalue weighted by molar-refractivity contribution is 7.99. The Hall–Kier alpha value is -4.14. The molecule has 0 spiro atoms. The summed E-state index contributed by atoms with van der Waals surface area (Å²) in [5.74, 6) is -0.176. The standard InChI is InChI=1S/C30H32N6O6S/c37-18-20-9-11-21(12-10-20)26-17-25(19-43-30-32-34-35-36(30)24-5-2-1-3-6-24)41-29(42-26)22-13-15-23(16-14-22)31-27(38)7-4-8-28(39)33-40/h1-3,5-6,9-16,25-26,29,37,40H,4,7-8,17-19H2,(H,31,38)(H,33,39)/t25-,26+,29+/m0/s1. The van der Waals surface area contributed by atoms with Gasteiger partial charge in [0.2, 0.25) is 17.0 Å². The SMILES string of the molecule is O=C(CCCC(=O)Nc1ccc([C@@H]2O[C@H](CSc3nnnn3-c3ccccc3)C[C@H](c3ccc(CO)cc3)O2)cc1)NO. The predicted molar refractivity (Wildman–Crippen MR) is 157 cm³/mol. The van der Waals surface area contributed by atoms with Gasteiger partial charge in [0.1, 0.15) is 0 Å². The third-order valence-electron chi connectivity index (χ3n) is 6.85. The number of hydroxylamine groups is 1. The number of amides is 2. The van der Waals surface area contributed by atoms with Crippen LogP contribution in [0.1, 0.15) is 54.8 Å². The van der Waals surface area contributed by atoms with Gasteiger partial charge in [0.25, 0.3) is 0 Å². The van der Waals surface area contributed by atoms with E-state index in [1.165, 1.54) is 11.8 Å². The molecule has 224 valence electrons. The minimum absolute atomic E-state index is 0.0339. The van der Waals surface area contributed by atoms with Crippen molar-refractivity contribution in [3.63, 3.8) is 0 Å². The van der Waals surface area contributed by atoms with Crippen LogP contribution in [0.4, 0.5) is 5.69 Å². The number of thioether (sulfide) groups is 1. The van der Waals surface area contributed by atoms with Gasteiger partial charge in [-0.1, -0.05) is 66.4 Å². The lowest BCUT2D eigenvalue weighted by Gasteiger charge is -2.36. The Bertz CT molecular complexity index is 1490. The third kappa shape index (κ3) is 8.24. The topological polar surface area (TPSA) is 161 Å². The van der Waals surface area contributed by atoms with Gasteiger partial charge in [0, 0.05) is 36.3 Å². The Balaban J connectivity index is 1.27. The first-order chi connectivity index (χ1) is 21.0. The second-order valence-corrected chi connectivity index (χ2v) is 10.9. The molecule has 1 aliphatic rings. The second-order valence-electron chi connectivity index (χ2n) is 9.93. The van der Waals surface area contributed by atoms with E-state index < -0.39 is 12.2 Å². The van der Waals surface area contributed by atoms with E-state index in [0.717, 1.165) is 22.4 Å². The Morgan fingerprint density at radius 2 is 1.65 bits per heavy atom. The molecule has 1 aromatic heterocycles. The number of nitrogens with one attached hydrogen (secondary N) is 2. The molecule has 1 fully saturated rings. The molecular formula is C30H32N6O6S.